The van der Waals surface area contributed by atoms with Gasteiger partial charge in [0, 0.05) is 18.2 Å². The van der Waals surface area contributed by atoms with Crippen molar-refractivity contribution in [2.45, 2.75) is 24.9 Å². The van der Waals surface area contributed by atoms with E-state index in [1.54, 1.807) is 0 Å². The second-order valence-corrected chi connectivity index (χ2v) is 6.05. The van der Waals surface area contributed by atoms with E-state index >= 15 is 0 Å². The summed E-state index contributed by atoms with van der Waals surface area (Å²) in [5.74, 6) is 1.28. The SMILES string of the molecule is O=c1c2ccccc2nc2n1CC[C@H]1c3ccccc3N[C@H]21. The summed E-state index contributed by atoms with van der Waals surface area (Å²) in [5, 5.41) is 4.27. The Balaban J connectivity index is 1.75. The van der Waals surface area contributed by atoms with E-state index in [1.165, 1.54) is 11.3 Å². The van der Waals surface area contributed by atoms with Gasteiger partial charge in [0.2, 0.25) is 0 Å². The van der Waals surface area contributed by atoms with Crippen LogP contribution in [0, 0.1) is 0 Å². The van der Waals surface area contributed by atoms with E-state index < -0.39 is 0 Å². The quantitative estimate of drug-likeness (QED) is 0.692. The molecule has 2 atom stereocenters. The van der Waals surface area contributed by atoms with Crippen molar-refractivity contribution in [1.82, 2.24) is 9.55 Å². The molecule has 0 saturated carbocycles. The lowest BCUT2D eigenvalue weighted by Gasteiger charge is -2.29. The highest BCUT2D eigenvalue weighted by Gasteiger charge is 2.38. The number of benzene rings is 2. The largest absolute Gasteiger partial charge is 0.374 e. The molecule has 2 aliphatic rings. The van der Waals surface area contributed by atoms with Crippen molar-refractivity contribution in [2.75, 3.05) is 5.32 Å². The van der Waals surface area contributed by atoms with Crippen LogP contribution < -0.4 is 10.9 Å². The number of aromatic nitrogens is 2. The van der Waals surface area contributed by atoms with Crippen LogP contribution in [0.3, 0.4) is 0 Å². The summed E-state index contributed by atoms with van der Waals surface area (Å²) in [5.41, 5.74) is 3.39. The van der Waals surface area contributed by atoms with Crippen LogP contribution in [0.5, 0.6) is 0 Å². The third kappa shape index (κ3) is 1.47. The van der Waals surface area contributed by atoms with Crippen molar-refractivity contribution in [2.24, 2.45) is 0 Å². The van der Waals surface area contributed by atoms with Gasteiger partial charge >= 0.3 is 0 Å². The van der Waals surface area contributed by atoms with Crippen LogP contribution >= 0.6 is 0 Å². The molecule has 3 heterocycles. The van der Waals surface area contributed by atoms with Gasteiger partial charge in [-0.3, -0.25) is 9.36 Å². The molecular weight excluding hydrogens is 274 g/mol. The number of nitrogens with one attached hydrogen (secondary N) is 1. The van der Waals surface area contributed by atoms with Crippen LogP contribution in [0.1, 0.15) is 29.8 Å². The molecule has 1 aromatic heterocycles. The summed E-state index contributed by atoms with van der Waals surface area (Å²) >= 11 is 0. The van der Waals surface area contributed by atoms with Crippen molar-refractivity contribution in [3.63, 3.8) is 0 Å². The first-order chi connectivity index (χ1) is 10.8. The fourth-order valence-corrected chi connectivity index (χ4v) is 3.87. The molecular formula is C18H15N3O. The second-order valence-electron chi connectivity index (χ2n) is 6.05. The molecule has 2 aromatic carbocycles. The monoisotopic (exact) mass is 289 g/mol. The summed E-state index contributed by atoms with van der Waals surface area (Å²) < 4.78 is 1.85. The fourth-order valence-electron chi connectivity index (χ4n) is 3.87. The average Bonchev–Trinajstić information content (AvgIpc) is 2.94. The van der Waals surface area contributed by atoms with Crippen molar-refractivity contribution in [3.05, 3.63) is 70.3 Å². The third-order valence-corrected chi connectivity index (χ3v) is 4.91. The minimum atomic E-state index is 0.0804. The first-order valence-corrected chi connectivity index (χ1v) is 7.68. The van der Waals surface area contributed by atoms with Crippen molar-refractivity contribution in [3.8, 4) is 0 Å². The predicted molar refractivity (Wildman–Crippen MR) is 86.2 cm³/mol. The van der Waals surface area contributed by atoms with Crippen LogP contribution in [0.4, 0.5) is 5.69 Å². The van der Waals surface area contributed by atoms with Gasteiger partial charge in [0.1, 0.15) is 5.82 Å². The van der Waals surface area contributed by atoms with E-state index in [2.05, 4.69) is 23.5 Å². The zero-order chi connectivity index (χ0) is 14.7. The Hall–Kier alpha value is -2.62. The highest BCUT2D eigenvalue weighted by atomic mass is 16.1. The van der Waals surface area contributed by atoms with Gasteiger partial charge in [0.05, 0.1) is 16.9 Å². The standard InChI is InChI=1S/C18H15N3O/c22-18-13-6-2-4-8-15(13)20-17-16-12(9-10-21(17)18)11-5-1-3-7-14(11)19-16/h1-8,12,16,19H,9-10H2/t12-,16-/m0/s1. The molecule has 0 unspecified atom stereocenters. The van der Waals surface area contributed by atoms with Gasteiger partial charge in [-0.25, -0.2) is 4.98 Å². The minimum Gasteiger partial charge on any atom is -0.374 e. The normalized spacial score (nSPS) is 21.8. The van der Waals surface area contributed by atoms with E-state index in [9.17, 15) is 4.79 Å². The Labute approximate surface area is 127 Å². The highest BCUT2D eigenvalue weighted by Crippen LogP contribution is 2.47. The number of rotatable bonds is 0. The fraction of sp³-hybridized carbons (Fsp3) is 0.222. The van der Waals surface area contributed by atoms with Crippen LogP contribution in [0.25, 0.3) is 10.9 Å². The van der Waals surface area contributed by atoms with Crippen LogP contribution in [0.15, 0.2) is 53.3 Å². The molecule has 0 aliphatic carbocycles. The summed E-state index contributed by atoms with van der Waals surface area (Å²) in [4.78, 5) is 17.5. The summed E-state index contributed by atoms with van der Waals surface area (Å²) in [7, 11) is 0. The number of hydrogen-bond acceptors (Lipinski definition) is 3. The second kappa shape index (κ2) is 4.19. The van der Waals surface area contributed by atoms with Gasteiger partial charge in [0.25, 0.3) is 5.56 Å². The molecule has 0 radical (unpaired) electrons. The van der Waals surface area contributed by atoms with Gasteiger partial charge in [-0.2, -0.15) is 0 Å². The van der Waals surface area contributed by atoms with Crippen molar-refractivity contribution >= 4 is 16.6 Å². The number of fused-ring (bicyclic) bond motifs is 6. The van der Waals surface area contributed by atoms with Gasteiger partial charge < -0.3 is 5.32 Å². The molecule has 5 rings (SSSR count). The summed E-state index contributed by atoms with van der Waals surface area (Å²) in [6, 6.07) is 16.1. The molecule has 108 valence electrons. The Morgan fingerprint density at radius 2 is 1.91 bits per heavy atom. The first-order valence-electron chi connectivity index (χ1n) is 7.68. The maximum absolute atomic E-state index is 12.7. The zero-order valence-corrected chi connectivity index (χ0v) is 12.0. The van der Waals surface area contributed by atoms with E-state index in [0.717, 1.165) is 24.3 Å². The number of para-hydroxylation sites is 2. The van der Waals surface area contributed by atoms with Crippen molar-refractivity contribution in [1.29, 1.82) is 0 Å². The topological polar surface area (TPSA) is 46.9 Å². The molecule has 2 aliphatic heterocycles. The van der Waals surface area contributed by atoms with E-state index in [4.69, 9.17) is 4.98 Å². The van der Waals surface area contributed by atoms with Gasteiger partial charge in [-0.15, -0.1) is 0 Å². The third-order valence-electron chi connectivity index (χ3n) is 4.91. The molecule has 22 heavy (non-hydrogen) atoms. The Morgan fingerprint density at radius 1 is 1.09 bits per heavy atom. The van der Waals surface area contributed by atoms with Crippen molar-refractivity contribution < 1.29 is 0 Å². The molecule has 0 spiro atoms. The lowest BCUT2D eigenvalue weighted by Crippen LogP contribution is -2.34. The average molecular weight is 289 g/mol. The summed E-state index contributed by atoms with van der Waals surface area (Å²) in [6.07, 6.45) is 0.974. The smallest absolute Gasteiger partial charge is 0.261 e. The number of hydrogen-bond donors (Lipinski definition) is 1. The Morgan fingerprint density at radius 3 is 2.86 bits per heavy atom. The predicted octanol–water partition coefficient (Wildman–Crippen LogP) is 3.05. The minimum absolute atomic E-state index is 0.0804. The lowest BCUT2D eigenvalue weighted by atomic mass is 9.89. The van der Waals surface area contributed by atoms with Gasteiger partial charge in [-0.1, -0.05) is 30.3 Å². The lowest BCUT2D eigenvalue weighted by molar-refractivity contribution is 0.415. The molecule has 0 bridgehead atoms. The zero-order valence-electron chi connectivity index (χ0n) is 12.0. The summed E-state index contributed by atoms with van der Waals surface area (Å²) in [6.45, 7) is 0.739. The van der Waals surface area contributed by atoms with E-state index in [-0.39, 0.29) is 11.6 Å². The van der Waals surface area contributed by atoms with Crippen LogP contribution in [0.2, 0.25) is 0 Å². The Kier molecular flexibility index (Phi) is 2.28. The maximum Gasteiger partial charge on any atom is 0.261 e. The Bertz CT molecular complexity index is 960. The molecule has 3 aromatic rings. The maximum atomic E-state index is 12.7. The van der Waals surface area contributed by atoms with E-state index in [1.807, 2.05) is 34.9 Å². The number of nitrogens with zero attached hydrogens (tertiary/aromatic N) is 2. The van der Waals surface area contributed by atoms with Gasteiger partial charge in [-0.05, 0) is 30.2 Å². The number of anilines is 1. The van der Waals surface area contributed by atoms with Crippen LogP contribution in [-0.2, 0) is 6.54 Å². The molecule has 4 heteroatoms. The van der Waals surface area contributed by atoms with E-state index in [0.29, 0.717) is 11.3 Å². The molecule has 1 N–H and O–H groups in total. The molecule has 0 amide bonds. The molecule has 4 nitrogen and oxygen atoms in total. The first kappa shape index (κ1) is 12.0. The van der Waals surface area contributed by atoms with Gasteiger partial charge in [0.15, 0.2) is 0 Å². The highest BCUT2D eigenvalue weighted by molar-refractivity contribution is 5.77. The van der Waals surface area contributed by atoms with Crippen LogP contribution in [-0.4, -0.2) is 9.55 Å². The molecule has 0 saturated heterocycles. The molecule has 0 fully saturated rings.